The van der Waals surface area contributed by atoms with E-state index in [0.29, 0.717) is 54.8 Å². The molecule has 2 aliphatic heterocycles. The Bertz CT molecular complexity index is 1660. The number of hydrogen-bond acceptors (Lipinski definition) is 5. The van der Waals surface area contributed by atoms with Crippen LogP contribution in [0, 0.1) is 17.5 Å². The topological polar surface area (TPSA) is 76.8 Å². The van der Waals surface area contributed by atoms with Crippen LogP contribution < -0.4 is 4.74 Å². The monoisotopic (exact) mass is 585 g/mol. The maximum atomic E-state index is 15.4. The highest BCUT2D eigenvalue weighted by atomic mass is 35.5. The molecule has 3 heterocycles. The number of carbonyl (C=O) groups is 1. The Morgan fingerprint density at radius 3 is 2.71 bits per heavy atom. The number of carboxylic acid groups (broad SMARTS) is 1. The van der Waals surface area contributed by atoms with Gasteiger partial charge in [0.25, 0.3) is 0 Å². The van der Waals surface area contributed by atoms with Crippen molar-refractivity contribution in [1.29, 1.82) is 0 Å². The maximum absolute atomic E-state index is 15.4. The van der Waals surface area contributed by atoms with Gasteiger partial charge in [-0.3, -0.25) is 4.90 Å². The van der Waals surface area contributed by atoms with Gasteiger partial charge in [0, 0.05) is 30.8 Å². The summed E-state index contributed by atoms with van der Waals surface area (Å²) in [4.78, 5) is 18.5. The number of nitrogens with zero attached hydrogens (tertiary/aromatic N) is 3. The minimum Gasteiger partial charge on any atom is -0.487 e. The summed E-state index contributed by atoms with van der Waals surface area (Å²) >= 11 is 6.49. The van der Waals surface area contributed by atoms with Crippen molar-refractivity contribution in [2.75, 3.05) is 13.2 Å². The van der Waals surface area contributed by atoms with Crippen molar-refractivity contribution >= 4 is 28.6 Å². The Balaban J connectivity index is 1.28. The fraction of sp³-hybridized carbons (Fsp3) is 0.333. The molecule has 1 saturated heterocycles. The van der Waals surface area contributed by atoms with Crippen LogP contribution in [-0.2, 0) is 30.9 Å². The van der Waals surface area contributed by atoms with Crippen LogP contribution in [0.25, 0.3) is 11.0 Å². The number of imidazole rings is 1. The Morgan fingerprint density at radius 2 is 2.00 bits per heavy atom. The lowest BCUT2D eigenvalue weighted by molar-refractivity contribution is -0.0593. The first-order valence-electron chi connectivity index (χ1n) is 13.3. The summed E-state index contributed by atoms with van der Waals surface area (Å²) in [6, 6.07) is 9.71. The number of fused-ring (bicyclic) bond motifs is 2. The lowest BCUT2D eigenvalue weighted by Gasteiger charge is -2.36. The summed E-state index contributed by atoms with van der Waals surface area (Å²) < 4.78 is 56.0. The van der Waals surface area contributed by atoms with E-state index in [1.165, 1.54) is 24.3 Å². The van der Waals surface area contributed by atoms with Gasteiger partial charge in [0.05, 0.1) is 35.3 Å². The SMILES string of the molecule is C[C@H]1c2cc(OCc3ccc(F)cc3F)c(Cl)cc2CCN1Cc1nc2ccc(C(=O)O)c(F)c2n1C[C@@H]1CCO1. The molecule has 0 radical (unpaired) electrons. The Hall–Kier alpha value is -3.60. The van der Waals surface area contributed by atoms with Gasteiger partial charge >= 0.3 is 5.97 Å². The maximum Gasteiger partial charge on any atom is 0.338 e. The van der Waals surface area contributed by atoms with E-state index < -0.39 is 29.0 Å². The summed E-state index contributed by atoms with van der Waals surface area (Å²) in [6.07, 6.45) is 1.44. The van der Waals surface area contributed by atoms with Gasteiger partial charge in [0.1, 0.15) is 35.3 Å². The second-order valence-corrected chi connectivity index (χ2v) is 10.8. The average Bonchev–Trinajstić information content (AvgIpc) is 3.25. The number of aromatic carboxylic acids is 1. The predicted octanol–water partition coefficient (Wildman–Crippen LogP) is 6.29. The van der Waals surface area contributed by atoms with Crippen molar-refractivity contribution in [2.24, 2.45) is 0 Å². The van der Waals surface area contributed by atoms with Crippen molar-refractivity contribution in [2.45, 2.75) is 51.6 Å². The van der Waals surface area contributed by atoms with Gasteiger partial charge in [-0.15, -0.1) is 0 Å². The summed E-state index contributed by atoms with van der Waals surface area (Å²) in [6.45, 7) is 4.02. The van der Waals surface area contributed by atoms with Crippen LogP contribution in [0.3, 0.4) is 0 Å². The minimum absolute atomic E-state index is 0.0893. The first-order valence-corrected chi connectivity index (χ1v) is 13.7. The van der Waals surface area contributed by atoms with Gasteiger partial charge in [-0.2, -0.15) is 0 Å². The van der Waals surface area contributed by atoms with Crippen LogP contribution in [0.15, 0.2) is 42.5 Å². The number of aromatic nitrogens is 2. The van der Waals surface area contributed by atoms with Crippen LogP contribution in [0.2, 0.25) is 5.02 Å². The molecule has 2 atom stereocenters. The van der Waals surface area contributed by atoms with Crippen molar-refractivity contribution in [3.8, 4) is 5.75 Å². The van der Waals surface area contributed by atoms with Crippen LogP contribution in [0.5, 0.6) is 5.75 Å². The van der Waals surface area contributed by atoms with Gasteiger partial charge in [0.15, 0.2) is 5.82 Å². The molecule has 1 aromatic heterocycles. The van der Waals surface area contributed by atoms with Crippen LogP contribution in [0.4, 0.5) is 13.2 Å². The Morgan fingerprint density at radius 1 is 1.20 bits per heavy atom. The highest BCUT2D eigenvalue weighted by Gasteiger charge is 2.30. The van der Waals surface area contributed by atoms with Crippen molar-refractivity contribution in [3.05, 3.63) is 93.0 Å². The highest BCUT2D eigenvalue weighted by Crippen LogP contribution is 2.38. The number of carboxylic acids is 1. The molecule has 0 unspecified atom stereocenters. The summed E-state index contributed by atoms with van der Waals surface area (Å²) in [5.41, 5.74) is 2.41. The molecule has 3 aromatic carbocycles. The summed E-state index contributed by atoms with van der Waals surface area (Å²) in [7, 11) is 0. The molecule has 0 bridgehead atoms. The first-order chi connectivity index (χ1) is 19.7. The molecule has 4 aromatic rings. The quantitative estimate of drug-likeness (QED) is 0.262. The number of rotatable bonds is 8. The van der Waals surface area contributed by atoms with E-state index in [0.717, 1.165) is 23.6 Å². The lowest BCUT2D eigenvalue weighted by Crippen LogP contribution is -2.36. The van der Waals surface area contributed by atoms with Crippen molar-refractivity contribution in [1.82, 2.24) is 14.5 Å². The molecular formula is C30H27ClF3N3O4. The third-order valence-electron chi connectivity index (χ3n) is 7.94. The normalized spacial score (nSPS) is 18.8. The van der Waals surface area contributed by atoms with E-state index in [2.05, 4.69) is 4.90 Å². The molecule has 2 aliphatic rings. The van der Waals surface area contributed by atoms with Gasteiger partial charge in [-0.05, 0) is 67.3 Å². The van der Waals surface area contributed by atoms with Gasteiger partial charge in [0.2, 0.25) is 0 Å². The molecule has 1 fully saturated rings. The fourth-order valence-electron chi connectivity index (χ4n) is 5.52. The zero-order chi connectivity index (χ0) is 28.8. The minimum atomic E-state index is -1.33. The van der Waals surface area contributed by atoms with Crippen molar-refractivity contribution < 1.29 is 32.5 Å². The van der Waals surface area contributed by atoms with Crippen LogP contribution >= 0.6 is 11.6 Å². The smallest absolute Gasteiger partial charge is 0.338 e. The standard InChI is InChI=1S/C30H27ClF3N3O4/c1-16-22-12-26(41-15-18-2-3-19(32)11-24(18)33)23(31)10-17(22)6-8-36(16)14-27-35-25-5-4-21(30(38)39)28(34)29(25)37(27)13-20-7-9-40-20/h2-5,10-12,16,20H,6-9,13-15H2,1H3,(H,38,39)/t16-,20-/m0/s1. The Labute approximate surface area is 239 Å². The highest BCUT2D eigenvalue weighted by molar-refractivity contribution is 6.32. The molecule has 7 nitrogen and oxygen atoms in total. The molecule has 0 saturated carbocycles. The van der Waals surface area contributed by atoms with Crippen LogP contribution in [-0.4, -0.2) is 44.8 Å². The zero-order valence-corrected chi connectivity index (χ0v) is 22.9. The number of halogens is 4. The largest absolute Gasteiger partial charge is 0.487 e. The van der Waals surface area contributed by atoms with E-state index in [9.17, 15) is 18.7 Å². The fourth-order valence-corrected chi connectivity index (χ4v) is 5.76. The average molecular weight is 586 g/mol. The summed E-state index contributed by atoms with van der Waals surface area (Å²) in [5, 5.41) is 9.87. The van der Waals surface area contributed by atoms with Crippen LogP contribution in [0.1, 0.15) is 52.3 Å². The first kappa shape index (κ1) is 27.6. The molecule has 0 aliphatic carbocycles. The number of benzene rings is 3. The van der Waals surface area contributed by atoms with Crippen molar-refractivity contribution in [3.63, 3.8) is 0 Å². The third-order valence-corrected chi connectivity index (χ3v) is 8.23. The predicted molar refractivity (Wildman–Crippen MR) is 146 cm³/mol. The molecule has 6 rings (SSSR count). The molecule has 0 spiro atoms. The third kappa shape index (κ3) is 5.27. The van der Waals surface area contributed by atoms with E-state index in [1.54, 1.807) is 4.57 Å². The number of ether oxygens (including phenoxy) is 2. The van der Waals surface area contributed by atoms with E-state index in [-0.39, 0.29) is 29.8 Å². The van der Waals surface area contributed by atoms with E-state index in [1.807, 2.05) is 19.1 Å². The second-order valence-electron chi connectivity index (χ2n) is 10.4. The number of hydrogen-bond donors (Lipinski definition) is 1. The van der Waals surface area contributed by atoms with Gasteiger partial charge in [-0.1, -0.05) is 11.6 Å². The van der Waals surface area contributed by atoms with Gasteiger partial charge < -0.3 is 19.1 Å². The van der Waals surface area contributed by atoms with E-state index >= 15 is 4.39 Å². The molecule has 11 heteroatoms. The Kier molecular flexibility index (Phi) is 7.39. The molecule has 0 amide bonds. The molecular weight excluding hydrogens is 559 g/mol. The second kappa shape index (κ2) is 11.0. The zero-order valence-electron chi connectivity index (χ0n) is 22.2. The molecule has 41 heavy (non-hydrogen) atoms. The lowest BCUT2D eigenvalue weighted by atomic mass is 9.93. The van der Waals surface area contributed by atoms with Gasteiger partial charge in [-0.25, -0.2) is 22.9 Å². The molecule has 214 valence electrons. The van der Waals surface area contributed by atoms with E-state index in [4.69, 9.17) is 26.1 Å². The summed E-state index contributed by atoms with van der Waals surface area (Å²) in [5.74, 6) is -2.49. The molecule has 1 N–H and O–H groups in total.